The molecule has 2 saturated heterocycles. The molecular weight excluding hydrogens is 363 g/mol. The van der Waals surface area contributed by atoms with Crippen molar-refractivity contribution in [3.8, 4) is 0 Å². The molecule has 8 heteroatoms. The van der Waals surface area contributed by atoms with E-state index >= 15 is 0 Å². The van der Waals surface area contributed by atoms with Gasteiger partial charge in [-0.15, -0.1) is 0 Å². The fourth-order valence-corrected chi connectivity index (χ4v) is 4.91. The Labute approximate surface area is 164 Å². The van der Waals surface area contributed by atoms with Crippen molar-refractivity contribution in [2.75, 3.05) is 27.2 Å². The highest BCUT2D eigenvalue weighted by molar-refractivity contribution is 7.89. The number of sulfonamides is 1. The molecule has 2 heterocycles. The van der Waals surface area contributed by atoms with E-state index in [1.165, 1.54) is 4.31 Å². The van der Waals surface area contributed by atoms with Crippen LogP contribution in [0.15, 0.2) is 29.2 Å². The molecule has 2 aliphatic heterocycles. The minimum atomic E-state index is -3.51. The number of benzene rings is 1. The van der Waals surface area contributed by atoms with Crippen molar-refractivity contribution in [2.24, 2.45) is 0 Å². The number of nitrogens with zero attached hydrogens (tertiary/aromatic N) is 2. The standard InChI is InChI=1S/C19H31BN2O4S/c1-18(2)19(3,4)26-20(25-18)15-7-9-17(10-8-15)27(23,24)22(6)16-11-13-21(5)14-12-16/h7-10,16H,11-14H2,1-6H3. The Hall–Kier alpha value is -0.925. The SMILES string of the molecule is CN1CCC(N(C)S(=O)(=O)c2ccc(B3OC(C)(C)C(C)(C)O3)cc2)CC1. The Morgan fingerprint density at radius 2 is 1.52 bits per heavy atom. The number of hydrogen-bond donors (Lipinski definition) is 0. The molecule has 6 nitrogen and oxygen atoms in total. The summed E-state index contributed by atoms with van der Waals surface area (Å²) in [5, 5.41) is 0. The van der Waals surface area contributed by atoms with E-state index in [1.54, 1.807) is 31.3 Å². The molecule has 27 heavy (non-hydrogen) atoms. The van der Waals surface area contributed by atoms with Crippen molar-refractivity contribution in [3.63, 3.8) is 0 Å². The van der Waals surface area contributed by atoms with Gasteiger partial charge in [-0.1, -0.05) is 12.1 Å². The van der Waals surface area contributed by atoms with Gasteiger partial charge in [0.1, 0.15) is 0 Å². The van der Waals surface area contributed by atoms with Crippen LogP contribution in [0.25, 0.3) is 0 Å². The van der Waals surface area contributed by atoms with Gasteiger partial charge < -0.3 is 14.2 Å². The Kier molecular flexibility index (Phi) is 5.51. The van der Waals surface area contributed by atoms with Gasteiger partial charge >= 0.3 is 7.12 Å². The maximum absolute atomic E-state index is 13.0. The summed E-state index contributed by atoms with van der Waals surface area (Å²) in [6, 6.07) is 6.94. The summed E-state index contributed by atoms with van der Waals surface area (Å²) in [5.74, 6) is 0. The zero-order valence-electron chi connectivity index (χ0n) is 17.2. The maximum Gasteiger partial charge on any atom is 0.494 e. The third-order valence-corrected chi connectivity index (χ3v) is 8.21. The van der Waals surface area contributed by atoms with Gasteiger partial charge in [0, 0.05) is 13.1 Å². The molecule has 0 aromatic heterocycles. The Balaban J connectivity index is 1.75. The lowest BCUT2D eigenvalue weighted by atomic mass is 9.79. The molecule has 150 valence electrons. The first-order valence-electron chi connectivity index (χ1n) is 9.56. The molecule has 0 saturated carbocycles. The summed E-state index contributed by atoms with van der Waals surface area (Å²) in [7, 11) is -0.240. The van der Waals surface area contributed by atoms with Crippen LogP contribution < -0.4 is 5.46 Å². The highest BCUT2D eigenvalue weighted by atomic mass is 32.2. The molecule has 1 aromatic rings. The minimum Gasteiger partial charge on any atom is -0.399 e. The topological polar surface area (TPSA) is 59.1 Å². The molecule has 0 aliphatic carbocycles. The van der Waals surface area contributed by atoms with Gasteiger partial charge in [-0.25, -0.2) is 8.42 Å². The molecule has 0 spiro atoms. The van der Waals surface area contributed by atoms with Gasteiger partial charge in [-0.05, 0) is 78.3 Å². The second-order valence-electron chi connectivity index (χ2n) is 8.71. The minimum absolute atomic E-state index is 0.0500. The van der Waals surface area contributed by atoms with Gasteiger partial charge in [0.15, 0.2) is 0 Å². The van der Waals surface area contributed by atoms with E-state index in [4.69, 9.17) is 9.31 Å². The molecule has 2 fully saturated rings. The number of rotatable bonds is 4. The van der Waals surface area contributed by atoms with Gasteiger partial charge in [0.05, 0.1) is 16.1 Å². The molecule has 0 unspecified atom stereocenters. The van der Waals surface area contributed by atoms with E-state index in [9.17, 15) is 8.42 Å². The van der Waals surface area contributed by atoms with Crippen LogP contribution in [0.3, 0.4) is 0 Å². The van der Waals surface area contributed by atoms with Crippen LogP contribution >= 0.6 is 0 Å². The second kappa shape index (κ2) is 7.15. The van der Waals surface area contributed by atoms with Crippen LogP contribution in [0.4, 0.5) is 0 Å². The molecular formula is C19H31BN2O4S. The summed E-state index contributed by atoms with van der Waals surface area (Å²) in [4.78, 5) is 2.54. The average molecular weight is 394 g/mol. The molecule has 0 N–H and O–H groups in total. The summed E-state index contributed by atoms with van der Waals surface area (Å²) >= 11 is 0. The van der Waals surface area contributed by atoms with Crippen molar-refractivity contribution in [1.29, 1.82) is 0 Å². The first-order chi connectivity index (χ1) is 12.4. The van der Waals surface area contributed by atoms with Gasteiger partial charge in [-0.3, -0.25) is 0 Å². The maximum atomic E-state index is 13.0. The van der Waals surface area contributed by atoms with Crippen molar-refractivity contribution >= 4 is 22.6 Å². The largest absolute Gasteiger partial charge is 0.494 e. The summed E-state index contributed by atoms with van der Waals surface area (Å²) in [6.45, 7) is 9.85. The number of hydrogen-bond acceptors (Lipinski definition) is 5. The van der Waals surface area contributed by atoms with Crippen LogP contribution in [0.1, 0.15) is 40.5 Å². The monoisotopic (exact) mass is 394 g/mol. The van der Waals surface area contributed by atoms with Crippen LogP contribution in [-0.4, -0.2) is 69.2 Å². The lowest BCUT2D eigenvalue weighted by Gasteiger charge is -2.34. The molecule has 0 atom stereocenters. The summed E-state index contributed by atoms with van der Waals surface area (Å²) in [6.07, 6.45) is 1.72. The first-order valence-corrected chi connectivity index (χ1v) is 11.0. The van der Waals surface area contributed by atoms with Crippen LogP contribution in [0, 0.1) is 0 Å². The summed E-state index contributed by atoms with van der Waals surface area (Å²) in [5.41, 5.74) is -0.0115. The fraction of sp³-hybridized carbons (Fsp3) is 0.684. The van der Waals surface area contributed by atoms with Crippen LogP contribution in [0.2, 0.25) is 0 Å². The first kappa shape index (κ1) is 20.8. The summed E-state index contributed by atoms with van der Waals surface area (Å²) < 4.78 is 39.6. The molecule has 0 radical (unpaired) electrons. The molecule has 0 bridgehead atoms. The molecule has 3 rings (SSSR count). The lowest BCUT2D eigenvalue weighted by Crippen LogP contribution is -2.44. The van der Waals surface area contributed by atoms with Crippen molar-refractivity contribution < 1.29 is 17.7 Å². The normalized spacial score (nSPS) is 23.9. The quantitative estimate of drug-likeness (QED) is 0.728. The molecule has 0 amide bonds. The highest BCUT2D eigenvalue weighted by Gasteiger charge is 2.51. The average Bonchev–Trinajstić information content (AvgIpc) is 2.83. The van der Waals surface area contributed by atoms with E-state index in [0.717, 1.165) is 31.4 Å². The number of likely N-dealkylation sites (tertiary alicyclic amines) is 1. The van der Waals surface area contributed by atoms with Gasteiger partial charge in [0.2, 0.25) is 10.0 Å². The predicted molar refractivity (Wildman–Crippen MR) is 108 cm³/mol. The van der Waals surface area contributed by atoms with Gasteiger partial charge in [-0.2, -0.15) is 4.31 Å². The zero-order valence-corrected chi connectivity index (χ0v) is 18.0. The van der Waals surface area contributed by atoms with Crippen molar-refractivity contribution in [2.45, 2.75) is 62.7 Å². The highest BCUT2D eigenvalue weighted by Crippen LogP contribution is 2.36. The van der Waals surface area contributed by atoms with Crippen molar-refractivity contribution in [3.05, 3.63) is 24.3 Å². The Bertz CT molecular complexity index is 755. The predicted octanol–water partition coefficient (Wildman–Crippen LogP) is 1.70. The lowest BCUT2D eigenvalue weighted by molar-refractivity contribution is 0.00578. The Morgan fingerprint density at radius 3 is 2.00 bits per heavy atom. The van der Waals surface area contributed by atoms with E-state index in [0.29, 0.717) is 4.90 Å². The van der Waals surface area contributed by atoms with E-state index in [1.807, 2.05) is 27.7 Å². The van der Waals surface area contributed by atoms with Crippen molar-refractivity contribution in [1.82, 2.24) is 9.21 Å². The fourth-order valence-electron chi connectivity index (χ4n) is 3.50. The van der Waals surface area contributed by atoms with E-state index in [-0.39, 0.29) is 6.04 Å². The number of piperidine rings is 1. The van der Waals surface area contributed by atoms with E-state index in [2.05, 4.69) is 11.9 Å². The smallest absolute Gasteiger partial charge is 0.399 e. The van der Waals surface area contributed by atoms with Crippen LogP contribution in [-0.2, 0) is 19.3 Å². The second-order valence-corrected chi connectivity index (χ2v) is 10.7. The third-order valence-electron chi connectivity index (χ3n) is 6.28. The molecule has 1 aromatic carbocycles. The van der Waals surface area contributed by atoms with Gasteiger partial charge in [0.25, 0.3) is 0 Å². The third kappa shape index (κ3) is 3.96. The van der Waals surface area contributed by atoms with Crippen LogP contribution in [0.5, 0.6) is 0 Å². The zero-order chi connectivity index (χ0) is 20.0. The molecule has 2 aliphatic rings. The van der Waals surface area contributed by atoms with E-state index < -0.39 is 28.3 Å². The Morgan fingerprint density at radius 1 is 1.04 bits per heavy atom.